The number of allylic oxidation sites excluding steroid dienone is 1. The van der Waals surface area contributed by atoms with E-state index >= 15 is 0 Å². The number of hydrogen-bond donors (Lipinski definition) is 0. The van der Waals surface area contributed by atoms with Crippen molar-refractivity contribution in [1.29, 1.82) is 0 Å². The topological polar surface area (TPSA) is 46.6 Å². The van der Waals surface area contributed by atoms with E-state index in [-0.39, 0.29) is 32.8 Å². The van der Waals surface area contributed by atoms with Gasteiger partial charge in [-0.25, -0.2) is 0 Å². The zero-order valence-electron chi connectivity index (χ0n) is 12.8. The molecule has 1 fully saturated rings. The van der Waals surface area contributed by atoms with Crippen LogP contribution in [0.2, 0.25) is 5.82 Å². The first-order valence-electron chi connectivity index (χ1n) is 7.68. The SMILES string of the molecule is C[Se]C1=C(c2ccccc2)C23C=CC(=O)CC2OCCN3C1=O. The summed E-state index contributed by atoms with van der Waals surface area (Å²) in [5.74, 6) is 2.25. The van der Waals surface area contributed by atoms with Crippen molar-refractivity contribution in [3.8, 4) is 0 Å². The van der Waals surface area contributed by atoms with Gasteiger partial charge in [0.15, 0.2) is 0 Å². The van der Waals surface area contributed by atoms with Gasteiger partial charge < -0.3 is 0 Å². The van der Waals surface area contributed by atoms with Crippen LogP contribution in [-0.2, 0) is 14.3 Å². The third-order valence-electron chi connectivity index (χ3n) is 4.81. The molecule has 4 nitrogen and oxygen atoms in total. The second kappa shape index (κ2) is 5.45. The molecule has 1 aromatic carbocycles. The van der Waals surface area contributed by atoms with Crippen molar-refractivity contribution in [2.75, 3.05) is 13.2 Å². The van der Waals surface area contributed by atoms with Crippen LogP contribution >= 0.6 is 0 Å². The Morgan fingerprint density at radius 2 is 2.04 bits per heavy atom. The molecule has 2 unspecified atom stereocenters. The van der Waals surface area contributed by atoms with Gasteiger partial charge in [0.25, 0.3) is 0 Å². The number of morpholine rings is 1. The average molecular weight is 374 g/mol. The fourth-order valence-corrected chi connectivity index (χ4v) is 5.49. The van der Waals surface area contributed by atoms with Crippen molar-refractivity contribution >= 4 is 32.2 Å². The second-order valence-electron chi connectivity index (χ2n) is 5.92. The third kappa shape index (κ3) is 2.00. The summed E-state index contributed by atoms with van der Waals surface area (Å²) in [5.41, 5.74) is 1.48. The number of ether oxygens (including phenoxy) is 1. The molecular weight excluding hydrogens is 357 g/mol. The Bertz CT molecular complexity index is 740. The Morgan fingerprint density at radius 1 is 1.26 bits per heavy atom. The Kier molecular flexibility index (Phi) is 3.52. The van der Waals surface area contributed by atoms with Gasteiger partial charge in [-0.15, -0.1) is 0 Å². The maximum absolute atomic E-state index is 13.0. The van der Waals surface area contributed by atoms with E-state index in [2.05, 4.69) is 5.82 Å². The molecule has 0 aromatic heterocycles. The Morgan fingerprint density at radius 3 is 2.78 bits per heavy atom. The summed E-state index contributed by atoms with van der Waals surface area (Å²) in [6, 6.07) is 10.0. The maximum atomic E-state index is 13.0. The van der Waals surface area contributed by atoms with Gasteiger partial charge in [-0.05, 0) is 0 Å². The van der Waals surface area contributed by atoms with E-state index < -0.39 is 5.54 Å². The van der Waals surface area contributed by atoms with E-state index in [1.54, 1.807) is 6.08 Å². The van der Waals surface area contributed by atoms with Crippen molar-refractivity contribution in [3.05, 3.63) is 52.5 Å². The molecule has 0 N–H and O–H groups in total. The molecule has 0 saturated carbocycles. The molecule has 2 atom stereocenters. The Balaban J connectivity index is 1.99. The van der Waals surface area contributed by atoms with Crippen LogP contribution < -0.4 is 0 Å². The standard InChI is InChI=1S/C18H17NO3Se/c1-23-16-15(12-5-3-2-4-6-12)18-8-7-13(20)11-14(18)22-10-9-19(18)17(16)21/h2-8,14H,9-11H2,1H3. The van der Waals surface area contributed by atoms with Crippen LogP contribution in [0.15, 0.2) is 47.0 Å². The third-order valence-corrected chi connectivity index (χ3v) is 6.47. The first kappa shape index (κ1) is 14.9. The van der Waals surface area contributed by atoms with Gasteiger partial charge in [0, 0.05) is 0 Å². The van der Waals surface area contributed by atoms with Crippen LogP contribution in [-0.4, -0.2) is 56.3 Å². The van der Waals surface area contributed by atoms with Gasteiger partial charge in [-0.3, -0.25) is 0 Å². The van der Waals surface area contributed by atoms with Gasteiger partial charge >= 0.3 is 141 Å². The molecule has 0 bridgehead atoms. The number of ketones is 1. The Labute approximate surface area is 141 Å². The molecular formula is C18H17NO3Se. The summed E-state index contributed by atoms with van der Waals surface area (Å²) in [6.07, 6.45) is 3.58. The van der Waals surface area contributed by atoms with Crippen LogP contribution in [0.5, 0.6) is 0 Å². The van der Waals surface area contributed by atoms with Gasteiger partial charge in [-0.2, -0.15) is 0 Å². The number of rotatable bonds is 2. The van der Waals surface area contributed by atoms with E-state index in [1.165, 1.54) is 0 Å². The summed E-state index contributed by atoms with van der Waals surface area (Å²) < 4.78 is 6.86. The van der Waals surface area contributed by atoms with E-state index in [0.29, 0.717) is 19.6 Å². The number of benzene rings is 1. The molecule has 1 aromatic rings. The van der Waals surface area contributed by atoms with Crippen molar-refractivity contribution in [3.63, 3.8) is 0 Å². The molecule has 1 saturated heterocycles. The van der Waals surface area contributed by atoms with Crippen molar-refractivity contribution in [1.82, 2.24) is 4.90 Å². The monoisotopic (exact) mass is 375 g/mol. The fourth-order valence-electron chi connectivity index (χ4n) is 3.87. The molecule has 4 rings (SSSR count). The molecule has 3 aliphatic rings. The van der Waals surface area contributed by atoms with Crippen LogP contribution in [0.4, 0.5) is 0 Å². The van der Waals surface area contributed by atoms with Crippen LogP contribution in [0.1, 0.15) is 12.0 Å². The van der Waals surface area contributed by atoms with E-state index in [0.717, 1.165) is 15.6 Å². The van der Waals surface area contributed by atoms with Gasteiger partial charge in [-0.1, -0.05) is 0 Å². The number of amides is 1. The zero-order chi connectivity index (χ0) is 16.0. The van der Waals surface area contributed by atoms with Gasteiger partial charge in [0.1, 0.15) is 0 Å². The molecule has 1 spiro atoms. The summed E-state index contributed by atoms with van der Waals surface area (Å²) in [7, 11) is 0. The van der Waals surface area contributed by atoms with Crippen LogP contribution in [0.3, 0.4) is 0 Å². The summed E-state index contributed by atoms with van der Waals surface area (Å²) in [5, 5.41) is 0. The molecule has 1 aliphatic carbocycles. The van der Waals surface area contributed by atoms with E-state index in [1.807, 2.05) is 41.3 Å². The summed E-state index contributed by atoms with van der Waals surface area (Å²) in [6.45, 7) is 1.06. The molecule has 5 heteroatoms. The zero-order valence-corrected chi connectivity index (χ0v) is 14.5. The molecule has 23 heavy (non-hydrogen) atoms. The van der Waals surface area contributed by atoms with Crippen LogP contribution in [0.25, 0.3) is 5.57 Å². The molecule has 2 heterocycles. The summed E-state index contributed by atoms with van der Waals surface area (Å²) in [4.78, 5) is 26.8. The molecule has 0 radical (unpaired) electrons. The molecule has 1 amide bonds. The number of nitrogens with zero attached hydrogens (tertiary/aromatic N) is 1. The van der Waals surface area contributed by atoms with Crippen molar-refractivity contribution in [2.45, 2.75) is 23.9 Å². The van der Waals surface area contributed by atoms with E-state index in [4.69, 9.17) is 4.74 Å². The first-order valence-corrected chi connectivity index (χ1v) is 10.2. The fraction of sp³-hybridized carbons (Fsp3) is 0.333. The van der Waals surface area contributed by atoms with Crippen molar-refractivity contribution < 1.29 is 14.3 Å². The number of carbonyl (C=O) groups excluding carboxylic acids is 2. The van der Waals surface area contributed by atoms with E-state index in [9.17, 15) is 9.59 Å². The van der Waals surface area contributed by atoms with Gasteiger partial charge in [0.05, 0.1) is 0 Å². The first-order chi connectivity index (χ1) is 11.2. The van der Waals surface area contributed by atoms with Gasteiger partial charge in [0.2, 0.25) is 0 Å². The quantitative estimate of drug-likeness (QED) is 0.740. The molecule has 118 valence electrons. The summed E-state index contributed by atoms with van der Waals surface area (Å²) >= 11 is 0.0776. The normalized spacial score (nSPS) is 29.8. The Hall–Kier alpha value is -1.68. The second-order valence-corrected chi connectivity index (χ2v) is 7.63. The molecule has 2 aliphatic heterocycles. The minimum absolute atomic E-state index is 0.0674. The number of hydrogen-bond acceptors (Lipinski definition) is 3. The number of carbonyl (C=O) groups is 2. The van der Waals surface area contributed by atoms with Crippen molar-refractivity contribution in [2.24, 2.45) is 0 Å². The predicted octanol–water partition coefficient (Wildman–Crippen LogP) is 1.66. The van der Waals surface area contributed by atoms with Crippen LogP contribution in [0, 0.1) is 0 Å². The minimum atomic E-state index is -0.613. The predicted molar refractivity (Wildman–Crippen MR) is 87.9 cm³/mol. The average Bonchev–Trinajstić information content (AvgIpc) is 2.83.